The van der Waals surface area contributed by atoms with E-state index in [4.69, 9.17) is 4.74 Å². The van der Waals surface area contributed by atoms with Gasteiger partial charge in [0.1, 0.15) is 6.54 Å². The van der Waals surface area contributed by atoms with Crippen LogP contribution >= 0.6 is 0 Å². The van der Waals surface area contributed by atoms with Gasteiger partial charge in [0.05, 0.1) is 12.2 Å². The lowest BCUT2D eigenvalue weighted by Gasteiger charge is -2.13. The molecule has 0 radical (unpaired) electrons. The van der Waals surface area contributed by atoms with Crippen molar-refractivity contribution in [3.05, 3.63) is 75.7 Å². The molecule has 0 bridgehead atoms. The Morgan fingerprint density at radius 3 is 2.43 bits per heavy atom. The number of fused-ring (bicyclic) bond motifs is 1. The molecule has 6 heteroatoms. The number of rotatable bonds is 5. The van der Waals surface area contributed by atoms with Gasteiger partial charge in [-0.15, -0.1) is 0 Å². The van der Waals surface area contributed by atoms with Crippen LogP contribution in [0.25, 0.3) is 16.5 Å². The van der Waals surface area contributed by atoms with E-state index in [0.717, 1.165) is 11.1 Å². The summed E-state index contributed by atoms with van der Waals surface area (Å²) in [4.78, 5) is 37.3. The number of nitrogens with zero attached hydrogens (tertiary/aromatic N) is 1. The number of pyridine rings is 1. The van der Waals surface area contributed by atoms with Crippen molar-refractivity contribution < 1.29 is 14.3 Å². The van der Waals surface area contributed by atoms with Crippen LogP contribution in [-0.4, -0.2) is 29.6 Å². The molecular weight excluding hydrogens is 356 g/mol. The van der Waals surface area contributed by atoms with Crippen LogP contribution in [0.15, 0.2) is 53.5 Å². The number of nitrogens with one attached hydrogen (secondary N) is 1. The lowest BCUT2D eigenvalue weighted by Crippen LogP contribution is -2.32. The van der Waals surface area contributed by atoms with Gasteiger partial charge in [-0.3, -0.25) is 19.0 Å². The lowest BCUT2D eigenvalue weighted by atomic mass is 10.1. The van der Waals surface area contributed by atoms with Crippen LogP contribution in [0.2, 0.25) is 0 Å². The second-order valence-corrected chi connectivity index (χ2v) is 6.52. The number of aromatic nitrogens is 1. The van der Waals surface area contributed by atoms with Crippen LogP contribution in [0, 0.1) is 13.8 Å². The van der Waals surface area contributed by atoms with Gasteiger partial charge in [-0.25, -0.2) is 0 Å². The summed E-state index contributed by atoms with van der Waals surface area (Å²) in [6, 6.07) is 12.6. The minimum atomic E-state index is -0.511. The number of carbonyl (C=O) groups is 2. The van der Waals surface area contributed by atoms with Gasteiger partial charge in [0.25, 0.3) is 11.5 Å². The van der Waals surface area contributed by atoms with Crippen molar-refractivity contribution >= 4 is 22.6 Å². The molecule has 6 nitrogen and oxygen atoms in total. The Morgan fingerprint density at radius 1 is 1.04 bits per heavy atom. The third-order valence-electron chi connectivity index (χ3n) is 4.64. The number of hydrogen-bond donors (Lipinski definition) is 1. The van der Waals surface area contributed by atoms with E-state index in [1.807, 2.05) is 32.0 Å². The number of esters is 1. The standard InChI is InChI=1S/C22H22N2O4/c1-4-28-20(25)12-23-21(26)19-13-24(16-10-9-14(2)15(3)11-16)22(27)18-8-6-5-7-17(18)19/h5-11,13H,4,12H2,1-3H3,(H,23,26). The first-order valence-electron chi connectivity index (χ1n) is 9.08. The van der Waals surface area contributed by atoms with E-state index in [9.17, 15) is 14.4 Å². The molecule has 1 N–H and O–H groups in total. The zero-order valence-corrected chi connectivity index (χ0v) is 16.1. The average Bonchev–Trinajstić information content (AvgIpc) is 2.69. The zero-order valence-electron chi connectivity index (χ0n) is 16.1. The van der Waals surface area contributed by atoms with Gasteiger partial charge in [0.2, 0.25) is 0 Å². The minimum Gasteiger partial charge on any atom is -0.465 e. The molecule has 1 aromatic heterocycles. The largest absolute Gasteiger partial charge is 0.465 e. The number of hydrogen-bond acceptors (Lipinski definition) is 4. The van der Waals surface area contributed by atoms with Crippen LogP contribution < -0.4 is 10.9 Å². The summed E-state index contributed by atoms with van der Waals surface area (Å²) in [6.07, 6.45) is 1.52. The summed E-state index contributed by atoms with van der Waals surface area (Å²) in [7, 11) is 0. The molecule has 0 saturated carbocycles. The van der Waals surface area contributed by atoms with E-state index in [0.29, 0.717) is 22.0 Å². The number of amides is 1. The highest BCUT2D eigenvalue weighted by Crippen LogP contribution is 2.19. The van der Waals surface area contributed by atoms with Gasteiger partial charge in [0.15, 0.2) is 0 Å². The molecule has 2 aromatic carbocycles. The summed E-state index contributed by atoms with van der Waals surface area (Å²) in [5.74, 6) is -0.954. The van der Waals surface area contributed by atoms with Gasteiger partial charge in [-0.2, -0.15) is 0 Å². The second kappa shape index (κ2) is 8.08. The van der Waals surface area contributed by atoms with Crippen LogP contribution in [0.3, 0.4) is 0 Å². The third kappa shape index (κ3) is 3.81. The van der Waals surface area contributed by atoms with Crippen molar-refractivity contribution in [2.24, 2.45) is 0 Å². The van der Waals surface area contributed by atoms with Crippen molar-refractivity contribution in [3.63, 3.8) is 0 Å². The van der Waals surface area contributed by atoms with Crippen LogP contribution in [0.4, 0.5) is 0 Å². The molecule has 0 saturated heterocycles. The van der Waals surface area contributed by atoms with E-state index in [1.165, 1.54) is 10.8 Å². The lowest BCUT2D eigenvalue weighted by molar-refractivity contribution is -0.141. The van der Waals surface area contributed by atoms with E-state index >= 15 is 0 Å². The maximum atomic E-state index is 13.0. The Kier molecular flexibility index (Phi) is 5.59. The minimum absolute atomic E-state index is 0.208. The number of aryl methyl sites for hydroxylation is 2. The zero-order chi connectivity index (χ0) is 20.3. The molecule has 0 fully saturated rings. The van der Waals surface area contributed by atoms with Crippen LogP contribution in [-0.2, 0) is 9.53 Å². The number of ether oxygens (including phenoxy) is 1. The molecule has 3 rings (SSSR count). The third-order valence-corrected chi connectivity index (χ3v) is 4.64. The maximum Gasteiger partial charge on any atom is 0.325 e. The number of benzene rings is 2. The van der Waals surface area contributed by atoms with E-state index in [2.05, 4.69) is 5.32 Å². The maximum absolute atomic E-state index is 13.0. The molecule has 0 aliphatic rings. The highest BCUT2D eigenvalue weighted by Gasteiger charge is 2.16. The molecule has 28 heavy (non-hydrogen) atoms. The topological polar surface area (TPSA) is 77.4 Å². The summed E-state index contributed by atoms with van der Waals surface area (Å²) >= 11 is 0. The fourth-order valence-electron chi connectivity index (χ4n) is 3.00. The molecule has 0 unspecified atom stereocenters. The molecule has 0 atom stereocenters. The van der Waals surface area contributed by atoms with Crippen molar-refractivity contribution in [3.8, 4) is 5.69 Å². The highest BCUT2D eigenvalue weighted by molar-refractivity contribution is 6.07. The van der Waals surface area contributed by atoms with Crippen molar-refractivity contribution in [2.45, 2.75) is 20.8 Å². The van der Waals surface area contributed by atoms with E-state index < -0.39 is 11.9 Å². The predicted molar refractivity (Wildman–Crippen MR) is 108 cm³/mol. The van der Waals surface area contributed by atoms with Crippen LogP contribution in [0.5, 0.6) is 0 Å². The predicted octanol–water partition coefficient (Wildman–Crippen LogP) is 2.90. The van der Waals surface area contributed by atoms with Crippen molar-refractivity contribution in [2.75, 3.05) is 13.2 Å². The molecule has 0 aliphatic heterocycles. The second-order valence-electron chi connectivity index (χ2n) is 6.52. The Labute approximate surface area is 162 Å². The van der Waals surface area contributed by atoms with E-state index in [-0.39, 0.29) is 18.7 Å². The molecule has 0 aliphatic carbocycles. The quantitative estimate of drug-likeness (QED) is 0.693. The SMILES string of the molecule is CCOC(=O)CNC(=O)c1cn(-c2ccc(C)c(C)c2)c(=O)c2ccccc12. The first-order chi connectivity index (χ1) is 13.4. The van der Waals surface area contributed by atoms with Crippen molar-refractivity contribution in [1.29, 1.82) is 0 Å². The molecule has 0 spiro atoms. The fraction of sp³-hybridized carbons (Fsp3) is 0.227. The van der Waals surface area contributed by atoms with E-state index in [1.54, 1.807) is 31.2 Å². The van der Waals surface area contributed by atoms with Gasteiger partial charge in [-0.1, -0.05) is 24.3 Å². The van der Waals surface area contributed by atoms with Gasteiger partial charge >= 0.3 is 5.97 Å². The Hall–Kier alpha value is -3.41. The van der Waals surface area contributed by atoms with Crippen LogP contribution in [0.1, 0.15) is 28.4 Å². The summed E-state index contributed by atoms with van der Waals surface area (Å²) < 4.78 is 6.31. The number of carbonyl (C=O) groups excluding carboxylic acids is 2. The summed E-state index contributed by atoms with van der Waals surface area (Å²) in [6.45, 7) is 5.68. The average molecular weight is 378 g/mol. The molecule has 1 amide bonds. The normalized spacial score (nSPS) is 10.7. The highest BCUT2D eigenvalue weighted by atomic mass is 16.5. The Morgan fingerprint density at radius 2 is 1.75 bits per heavy atom. The Balaban J connectivity index is 2.10. The molecule has 3 aromatic rings. The smallest absolute Gasteiger partial charge is 0.325 e. The van der Waals surface area contributed by atoms with Gasteiger partial charge in [-0.05, 0) is 50.1 Å². The summed E-state index contributed by atoms with van der Waals surface area (Å²) in [5.41, 5.74) is 2.95. The fourth-order valence-corrected chi connectivity index (χ4v) is 3.00. The van der Waals surface area contributed by atoms with Gasteiger partial charge in [0, 0.05) is 22.7 Å². The molecular formula is C22H22N2O4. The Bertz CT molecular complexity index is 1120. The van der Waals surface area contributed by atoms with Gasteiger partial charge < -0.3 is 10.1 Å². The molecule has 144 valence electrons. The molecule has 1 heterocycles. The summed E-state index contributed by atoms with van der Waals surface area (Å²) in [5, 5.41) is 3.54. The first-order valence-corrected chi connectivity index (χ1v) is 9.08. The monoisotopic (exact) mass is 378 g/mol. The van der Waals surface area contributed by atoms with Crippen molar-refractivity contribution in [1.82, 2.24) is 9.88 Å². The first kappa shape index (κ1) is 19.4.